The van der Waals surface area contributed by atoms with Gasteiger partial charge in [-0.05, 0) is 13.8 Å². The van der Waals surface area contributed by atoms with E-state index in [-0.39, 0.29) is 12.1 Å². The molecule has 1 heterocycles. The molecule has 0 aliphatic heterocycles. The fourth-order valence-corrected chi connectivity index (χ4v) is 1.31. The fourth-order valence-electron chi connectivity index (χ4n) is 1.31. The highest BCUT2D eigenvalue weighted by atomic mass is 16.2. The highest BCUT2D eigenvalue weighted by Crippen LogP contribution is 2.16. The number of rotatable bonds is 3. The number of nitrogens with two attached hydrogens (primary N) is 1. The minimum absolute atomic E-state index is 0.144. The number of aromatic amines is 1. The lowest BCUT2D eigenvalue weighted by atomic mass is 10.0. The Balaban J connectivity index is 3.00. The zero-order chi connectivity index (χ0) is 10.1. The van der Waals surface area contributed by atoms with E-state index in [0.717, 1.165) is 0 Å². The van der Waals surface area contributed by atoms with E-state index in [1.165, 1.54) is 10.8 Å². The monoisotopic (exact) mass is 183 g/mol. The number of carbonyl (C=O) groups excluding carboxylic acids is 1. The molecule has 0 aromatic carbocycles. The number of imidazole rings is 1. The van der Waals surface area contributed by atoms with Crippen LogP contribution in [-0.2, 0) is 10.3 Å². The van der Waals surface area contributed by atoms with Crippen molar-refractivity contribution < 1.29 is 4.79 Å². The maximum atomic E-state index is 11.2. The van der Waals surface area contributed by atoms with Gasteiger partial charge in [0.15, 0.2) is 0 Å². The summed E-state index contributed by atoms with van der Waals surface area (Å²) in [5.41, 5.74) is 4.27. The van der Waals surface area contributed by atoms with Crippen molar-refractivity contribution in [3.05, 3.63) is 22.9 Å². The fraction of sp³-hybridized carbons (Fsp3) is 0.500. The number of carbonyl (C=O) groups is 1. The number of hydrogen-bond acceptors (Lipinski definition) is 2. The molecule has 0 atom stereocenters. The van der Waals surface area contributed by atoms with Crippen LogP contribution in [0.4, 0.5) is 0 Å². The van der Waals surface area contributed by atoms with Crippen molar-refractivity contribution in [3.63, 3.8) is 0 Å². The average Bonchev–Trinajstić information content (AvgIpc) is 2.32. The van der Waals surface area contributed by atoms with Gasteiger partial charge in [-0.25, -0.2) is 4.79 Å². The number of aromatic nitrogens is 2. The van der Waals surface area contributed by atoms with Crippen molar-refractivity contribution >= 4 is 5.91 Å². The highest BCUT2D eigenvalue weighted by molar-refractivity contribution is 5.74. The van der Waals surface area contributed by atoms with Crippen molar-refractivity contribution in [2.24, 2.45) is 5.73 Å². The first-order valence-electron chi connectivity index (χ1n) is 3.98. The van der Waals surface area contributed by atoms with Gasteiger partial charge in [-0.1, -0.05) is 0 Å². The lowest BCUT2D eigenvalue weighted by Crippen LogP contribution is -2.37. The zero-order valence-corrected chi connectivity index (χ0v) is 7.70. The predicted octanol–water partition coefficient (Wildman–Crippen LogP) is -0.213. The molecule has 1 amide bonds. The number of nitrogens with zero attached hydrogens (tertiary/aromatic N) is 1. The lowest BCUT2D eigenvalue weighted by molar-refractivity contribution is -0.119. The molecule has 5 nitrogen and oxygen atoms in total. The molecule has 5 heteroatoms. The normalized spacial score (nSPS) is 11.5. The molecule has 1 rings (SSSR count). The van der Waals surface area contributed by atoms with Crippen LogP contribution in [0, 0.1) is 0 Å². The van der Waals surface area contributed by atoms with Crippen molar-refractivity contribution in [2.45, 2.75) is 25.8 Å². The van der Waals surface area contributed by atoms with Crippen LogP contribution in [0.3, 0.4) is 0 Å². The molecule has 0 aliphatic rings. The third-order valence-electron chi connectivity index (χ3n) is 1.91. The number of primary amides is 1. The Morgan fingerprint density at radius 1 is 1.69 bits per heavy atom. The second-order valence-electron chi connectivity index (χ2n) is 3.59. The molecule has 0 fully saturated rings. The number of amides is 1. The van der Waals surface area contributed by atoms with Gasteiger partial charge in [-0.2, -0.15) is 0 Å². The molecular formula is C8H13N3O2. The lowest BCUT2D eigenvalue weighted by Gasteiger charge is -2.23. The predicted molar refractivity (Wildman–Crippen MR) is 48.2 cm³/mol. The Labute approximate surface area is 75.6 Å². The summed E-state index contributed by atoms with van der Waals surface area (Å²) in [5.74, 6) is -0.418. The SMILES string of the molecule is CC(C)(CC(N)=O)n1cc[nH]c1=O. The van der Waals surface area contributed by atoms with Crippen LogP contribution in [0.15, 0.2) is 17.2 Å². The van der Waals surface area contributed by atoms with Crippen molar-refractivity contribution in [1.82, 2.24) is 9.55 Å². The van der Waals surface area contributed by atoms with Crippen LogP contribution in [0.5, 0.6) is 0 Å². The molecule has 72 valence electrons. The number of H-pyrrole nitrogens is 1. The quantitative estimate of drug-likeness (QED) is 0.679. The molecule has 3 N–H and O–H groups in total. The van der Waals surface area contributed by atoms with Crippen LogP contribution >= 0.6 is 0 Å². The summed E-state index contributed by atoms with van der Waals surface area (Å²) in [6.07, 6.45) is 3.28. The molecular weight excluding hydrogens is 170 g/mol. The molecule has 0 spiro atoms. The van der Waals surface area contributed by atoms with Gasteiger partial charge in [0, 0.05) is 18.8 Å². The molecule has 0 saturated heterocycles. The van der Waals surface area contributed by atoms with Crippen LogP contribution in [0.2, 0.25) is 0 Å². The highest BCUT2D eigenvalue weighted by Gasteiger charge is 2.23. The van der Waals surface area contributed by atoms with Gasteiger partial charge in [-0.15, -0.1) is 0 Å². The Morgan fingerprint density at radius 2 is 2.31 bits per heavy atom. The molecule has 0 saturated carbocycles. The largest absolute Gasteiger partial charge is 0.370 e. The van der Waals surface area contributed by atoms with Crippen molar-refractivity contribution in [2.75, 3.05) is 0 Å². The van der Waals surface area contributed by atoms with E-state index in [1.54, 1.807) is 20.0 Å². The smallest absolute Gasteiger partial charge is 0.325 e. The summed E-state index contributed by atoms with van der Waals surface area (Å²) in [7, 11) is 0. The molecule has 0 bridgehead atoms. The van der Waals surface area contributed by atoms with Gasteiger partial charge in [0.2, 0.25) is 5.91 Å². The maximum Gasteiger partial charge on any atom is 0.325 e. The van der Waals surface area contributed by atoms with E-state index in [4.69, 9.17) is 5.73 Å². The van der Waals surface area contributed by atoms with E-state index in [1.807, 2.05) is 0 Å². The Kier molecular flexibility index (Phi) is 2.27. The third-order valence-corrected chi connectivity index (χ3v) is 1.91. The van der Waals surface area contributed by atoms with Gasteiger partial charge in [-0.3, -0.25) is 9.36 Å². The average molecular weight is 183 g/mol. The van der Waals surface area contributed by atoms with E-state index < -0.39 is 11.4 Å². The van der Waals surface area contributed by atoms with Crippen LogP contribution < -0.4 is 11.4 Å². The van der Waals surface area contributed by atoms with Gasteiger partial charge in [0.05, 0.1) is 5.54 Å². The minimum Gasteiger partial charge on any atom is -0.370 e. The Hall–Kier alpha value is -1.52. The molecule has 0 aliphatic carbocycles. The molecule has 0 radical (unpaired) electrons. The van der Waals surface area contributed by atoms with Crippen molar-refractivity contribution in [1.29, 1.82) is 0 Å². The van der Waals surface area contributed by atoms with E-state index in [2.05, 4.69) is 4.98 Å². The second kappa shape index (κ2) is 3.08. The van der Waals surface area contributed by atoms with E-state index in [0.29, 0.717) is 0 Å². The van der Waals surface area contributed by atoms with Crippen LogP contribution in [0.1, 0.15) is 20.3 Å². The van der Waals surface area contributed by atoms with Gasteiger partial charge in [0.1, 0.15) is 0 Å². The second-order valence-corrected chi connectivity index (χ2v) is 3.59. The number of nitrogens with one attached hydrogen (secondary N) is 1. The standard InChI is InChI=1S/C8H13N3O2/c1-8(2,5-6(9)12)11-4-3-10-7(11)13/h3-4H,5H2,1-2H3,(H2,9,12)(H,10,13). The van der Waals surface area contributed by atoms with Crippen LogP contribution in [-0.4, -0.2) is 15.5 Å². The Morgan fingerprint density at radius 3 is 2.69 bits per heavy atom. The van der Waals surface area contributed by atoms with Crippen LogP contribution in [0.25, 0.3) is 0 Å². The molecule has 0 unspecified atom stereocenters. The molecule has 1 aromatic rings. The number of hydrogen-bond donors (Lipinski definition) is 2. The molecule has 1 aromatic heterocycles. The first-order chi connectivity index (χ1) is 5.93. The summed E-state index contributed by atoms with van der Waals surface area (Å²) in [5, 5.41) is 0. The van der Waals surface area contributed by atoms with Gasteiger partial charge >= 0.3 is 5.69 Å². The summed E-state index contributed by atoms with van der Waals surface area (Å²) >= 11 is 0. The first-order valence-corrected chi connectivity index (χ1v) is 3.98. The van der Waals surface area contributed by atoms with E-state index >= 15 is 0 Å². The maximum absolute atomic E-state index is 11.2. The third kappa shape index (κ3) is 1.99. The van der Waals surface area contributed by atoms with Crippen molar-refractivity contribution in [3.8, 4) is 0 Å². The Bertz CT molecular complexity index is 361. The topological polar surface area (TPSA) is 80.9 Å². The summed E-state index contributed by atoms with van der Waals surface area (Å²) in [6.45, 7) is 3.57. The zero-order valence-electron chi connectivity index (χ0n) is 7.70. The van der Waals surface area contributed by atoms with Gasteiger partial charge < -0.3 is 10.7 Å². The minimum atomic E-state index is -0.567. The summed E-state index contributed by atoms with van der Waals surface area (Å²) in [6, 6.07) is 0. The first kappa shape index (κ1) is 9.57. The molecule has 13 heavy (non-hydrogen) atoms. The summed E-state index contributed by atoms with van der Waals surface area (Å²) < 4.78 is 1.46. The summed E-state index contributed by atoms with van der Waals surface area (Å²) in [4.78, 5) is 24.4. The van der Waals surface area contributed by atoms with E-state index in [9.17, 15) is 9.59 Å². The van der Waals surface area contributed by atoms with Gasteiger partial charge in [0.25, 0.3) is 0 Å².